The van der Waals surface area contributed by atoms with Crippen LogP contribution in [0.4, 0.5) is 34.1 Å². The van der Waals surface area contributed by atoms with E-state index in [4.69, 9.17) is 0 Å². The summed E-state index contributed by atoms with van der Waals surface area (Å²) in [6.45, 7) is 10.9. The van der Waals surface area contributed by atoms with Crippen LogP contribution >= 0.6 is 0 Å². The van der Waals surface area contributed by atoms with E-state index in [2.05, 4.69) is 190 Å². The van der Waals surface area contributed by atoms with Gasteiger partial charge in [0.1, 0.15) is 0 Å². The molecule has 0 N–H and O–H groups in total. The molecule has 6 aromatic rings. The molecule has 0 amide bonds. The van der Waals surface area contributed by atoms with Crippen LogP contribution in [0.3, 0.4) is 0 Å². The second-order valence-electron chi connectivity index (χ2n) is 13.6. The first-order chi connectivity index (χ1) is 23.9. The van der Waals surface area contributed by atoms with Gasteiger partial charge in [0.2, 0.25) is 0 Å². The van der Waals surface area contributed by atoms with Crippen molar-refractivity contribution in [3.8, 4) is 0 Å². The van der Waals surface area contributed by atoms with Crippen LogP contribution in [0.1, 0.15) is 78.3 Å². The number of rotatable bonds is 13. The summed E-state index contributed by atoms with van der Waals surface area (Å²) in [4.78, 5) is 4.72. The molecule has 0 aromatic heterocycles. The Kier molecular flexibility index (Phi) is 11.0. The summed E-state index contributed by atoms with van der Waals surface area (Å²) in [5, 5.41) is 0. The Hall–Kier alpha value is -5.08. The van der Waals surface area contributed by atoms with Gasteiger partial charge in [-0.05, 0) is 118 Å². The molecule has 0 radical (unpaired) electrons. The molecule has 0 aliphatic heterocycles. The van der Waals surface area contributed by atoms with Crippen molar-refractivity contribution in [1.29, 1.82) is 0 Å². The monoisotopic (exact) mass is 642 g/mol. The van der Waals surface area contributed by atoms with Gasteiger partial charge < -0.3 is 9.80 Å². The molecule has 248 valence electrons. The lowest BCUT2D eigenvalue weighted by molar-refractivity contribution is 0.596. The number of benzene rings is 6. The summed E-state index contributed by atoms with van der Waals surface area (Å²) in [6, 6.07) is 54.0. The molecule has 6 rings (SSSR count). The smallest absolute Gasteiger partial charge is 0.0461 e. The molecule has 0 aliphatic rings. The lowest BCUT2D eigenvalue weighted by atomic mass is 9.86. The fourth-order valence-electron chi connectivity index (χ4n) is 6.68. The normalized spacial score (nSPS) is 11.1. The summed E-state index contributed by atoms with van der Waals surface area (Å²) < 4.78 is 0. The van der Waals surface area contributed by atoms with Crippen LogP contribution in [0, 0.1) is 27.7 Å². The standard InChI is InChI=1S/C47H50N2/c1-6-7-8-9-10-47(39-19-31-45(32-20-39)48(41-23-11-35(2)12-24-41)42-25-13-36(3)14-26-42)40-21-33-46(34-22-40)49(43-27-15-37(4)16-28-43)44-29-17-38(5)18-30-44/h11-34,47H,6-10H2,1-5H3. The van der Waals surface area contributed by atoms with Gasteiger partial charge in [0, 0.05) is 40.0 Å². The van der Waals surface area contributed by atoms with Gasteiger partial charge in [0.25, 0.3) is 0 Å². The van der Waals surface area contributed by atoms with E-state index >= 15 is 0 Å². The van der Waals surface area contributed by atoms with E-state index in [-0.39, 0.29) is 0 Å². The topological polar surface area (TPSA) is 6.48 Å². The highest BCUT2D eigenvalue weighted by molar-refractivity contribution is 5.78. The van der Waals surface area contributed by atoms with Gasteiger partial charge in [-0.1, -0.05) is 128 Å². The lowest BCUT2D eigenvalue weighted by Gasteiger charge is -2.27. The van der Waals surface area contributed by atoms with Gasteiger partial charge >= 0.3 is 0 Å². The van der Waals surface area contributed by atoms with Crippen LogP contribution in [0.5, 0.6) is 0 Å². The van der Waals surface area contributed by atoms with E-state index in [1.807, 2.05) is 0 Å². The summed E-state index contributed by atoms with van der Waals surface area (Å²) in [5.41, 5.74) is 14.8. The quantitative estimate of drug-likeness (QED) is 0.116. The molecule has 0 spiro atoms. The number of unbranched alkanes of at least 4 members (excludes halogenated alkanes) is 3. The number of anilines is 6. The zero-order chi connectivity index (χ0) is 34.2. The highest BCUT2D eigenvalue weighted by atomic mass is 15.1. The molecule has 0 bridgehead atoms. The van der Waals surface area contributed by atoms with Gasteiger partial charge in [-0.2, -0.15) is 0 Å². The Balaban J connectivity index is 1.33. The number of nitrogens with zero attached hydrogens (tertiary/aromatic N) is 2. The third-order valence-electron chi connectivity index (χ3n) is 9.62. The number of aryl methyl sites for hydroxylation is 4. The SMILES string of the molecule is CCCCCCC(c1ccc(N(c2ccc(C)cc2)c2ccc(C)cc2)cc1)c1ccc(N(c2ccc(C)cc2)c2ccc(C)cc2)cc1. The molecule has 0 unspecified atom stereocenters. The van der Waals surface area contributed by atoms with Gasteiger partial charge in [-0.25, -0.2) is 0 Å². The van der Waals surface area contributed by atoms with Gasteiger partial charge in [-0.3, -0.25) is 0 Å². The molecule has 0 fully saturated rings. The minimum Gasteiger partial charge on any atom is -0.311 e. The fraction of sp³-hybridized carbons (Fsp3) is 0.234. The maximum Gasteiger partial charge on any atom is 0.0461 e. The fourth-order valence-corrected chi connectivity index (χ4v) is 6.68. The number of hydrogen-bond donors (Lipinski definition) is 0. The first-order valence-electron chi connectivity index (χ1n) is 18.0. The van der Waals surface area contributed by atoms with Crippen molar-refractivity contribution in [3.05, 3.63) is 179 Å². The maximum absolute atomic E-state index is 2.36. The first kappa shape index (κ1) is 33.8. The maximum atomic E-state index is 2.36. The highest BCUT2D eigenvalue weighted by Crippen LogP contribution is 2.39. The Morgan fingerprint density at radius 1 is 0.347 bits per heavy atom. The predicted octanol–water partition coefficient (Wildman–Crippen LogP) is 14.0. The van der Waals surface area contributed by atoms with Gasteiger partial charge in [0.15, 0.2) is 0 Å². The van der Waals surface area contributed by atoms with E-state index in [0.717, 1.165) is 6.42 Å². The largest absolute Gasteiger partial charge is 0.311 e. The van der Waals surface area contributed by atoms with Crippen molar-refractivity contribution in [3.63, 3.8) is 0 Å². The molecular weight excluding hydrogens is 593 g/mol. The van der Waals surface area contributed by atoms with E-state index < -0.39 is 0 Å². The van der Waals surface area contributed by atoms with Gasteiger partial charge in [0.05, 0.1) is 0 Å². The van der Waals surface area contributed by atoms with Crippen LogP contribution in [-0.4, -0.2) is 0 Å². The molecule has 49 heavy (non-hydrogen) atoms. The molecule has 0 saturated heterocycles. The summed E-state index contributed by atoms with van der Waals surface area (Å²) in [6.07, 6.45) is 6.16. The Morgan fingerprint density at radius 3 is 0.878 bits per heavy atom. The van der Waals surface area contributed by atoms with E-state index in [9.17, 15) is 0 Å². The molecular formula is C47H50N2. The second kappa shape index (κ2) is 15.9. The lowest BCUT2D eigenvalue weighted by Crippen LogP contribution is -2.11. The third-order valence-corrected chi connectivity index (χ3v) is 9.62. The molecule has 2 heteroatoms. The second-order valence-corrected chi connectivity index (χ2v) is 13.6. The molecule has 0 heterocycles. The Labute approximate surface area is 294 Å². The van der Waals surface area contributed by atoms with E-state index in [1.54, 1.807) is 0 Å². The van der Waals surface area contributed by atoms with Crippen LogP contribution in [-0.2, 0) is 0 Å². The van der Waals surface area contributed by atoms with Crippen molar-refractivity contribution in [2.45, 2.75) is 72.6 Å². The molecule has 0 aliphatic carbocycles. The minimum atomic E-state index is 0.333. The molecule has 6 aromatic carbocycles. The van der Waals surface area contributed by atoms with E-state index in [0.29, 0.717) is 5.92 Å². The number of hydrogen-bond acceptors (Lipinski definition) is 2. The van der Waals surface area contributed by atoms with Crippen molar-refractivity contribution < 1.29 is 0 Å². The molecule has 0 saturated carbocycles. The van der Waals surface area contributed by atoms with Crippen LogP contribution in [0.25, 0.3) is 0 Å². The first-order valence-corrected chi connectivity index (χ1v) is 18.0. The van der Waals surface area contributed by atoms with Crippen molar-refractivity contribution in [2.24, 2.45) is 0 Å². The van der Waals surface area contributed by atoms with Crippen molar-refractivity contribution in [2.75, 3.05) is 9.80 Å². The Morgan fingerprint density at radius 2 is 0.612 bits per heavy atom. The zero-order valence-electron chi connectivity index (χ0n) is 29.9. The summed E-state index contributed by atoms with van der Waals surface area (Å²) in [7, 11) is 0. The van der Waals surface area contributed by atoms with Crippen molar-refractivity contribution >= 4 is 34.1 Å². The van der Waals surface area contributed by atoms with Crippen LogP contribution in [0.15, 0.2) is 146 Å². The summed E-state index contributed by atoms with van der Waals surface area (Å²) >= 11 is 0. The molecule has 0 atom stereocenters. The minimum absolute atomic E-state index is 0.333. The third kappa shape index (κ3) is 8.32. The molecule has 2 nitrogen and oxygen atoms in total. The van der Waals surface area contributed by atoms with Crippen molar-refractivity contribution in [1.82, 2.24) is 0 Å². The van der Waals surface area contributed by atoms with E-state index in [1.165, 1.54) is 93.2 Å². The predicted molar refractivity (Wildman–Crippen MR) is 212 cm³/mol. The highest BCUT2D eigenvalue weighted by Gasteiger charge is 2.19. The van der Waals surface area contributed by atoms with Gasteiger partial charge in [-0.15, -0.1) is 0 Å². The Bertz CT molecular complexity index is 1660. The average Bonchev–Trinajstić information content (AvgIpc) is 3.13. The average molecular weight is 643 g/mol. The van der Waals surface area contributed by atoms with Crippen LogP contribution in [0.2, 0.25) is 0 Å². The van der Waals surface area contributed by atoms with Crippen LogP contribution < -0.4 is 9.80 Å². The summed E-state index contributed by atoms with van der Waals surface area (Å²) in [5.74, 6) is 0.333. The zero-order valence-corrected chi connectivity index (χ0v) is 29.9.